The van der Waals surface area contributed by atoms with Crippen molar-refractivity contribution in [3.05, 3.63) is 35.0 Å². The zero-order valence-electron chi connectivity index (χ0n) is 5.58. The van der Waals surface area contributed by atoms with E-state index in [4.69, 9.17) is 5.84 Å². The van der Waals surface area contributed by atoms with Crippen LogP contribution in [0.3, 0.4) is 0 Å². The van der Waals surface area contributed by atoms with Gasteiger partial charge in [0.25, 0.3) is 0 Å². The molecule has 0 bridgehead atoms. The van der Waals surface area contributed by atoms with Gasteiger partial charge in [-0.25, -0.2) is 5.43 Å². The maximum absolute atomic E-state index is 5.26. The number of nitrogens with one attached hydrogen (secondary N) is 1. The van der Waals surface area contributed by atoms with Crippen LogP contribution in [0.15, 0.2) is 30.2 Å². The van der Waals surface area contributed by atoms with Gasteiger partial charge in [-0.15, -0.1) is 17.9 Å². The van der Waals surface area contributed by atoms with Gasteiger partial charge < -0.3 is 0 Å². The van der Waals surface area contributed by atoms with Crippen LogP contribution in [-0.2, 0) is 0 Å². The van der Waals surface area contributed by atoms with Gasteiger partial charge in [0.05, 0.1) is 6.04 Å². The Balaban J connectivity index is 2.73. The van der Waals surface area contributed by atoms with Crippen molar-refractivity contribution in [2.24, 2.45) is 5.84 Å². The molecule has 1 aromatic rings. The molecule has 0 aliphatic rings. The Hall–Kier alpha value is -0.640. The van der Waals surface area contributed by atoms with Crippen LogP contribution in [0.4, 0.5) is 0 Å². The lowest BCUT2D eigenvalue weighted by Crippen LogP contribution is -2.25. The molecule has 0 fully saturated rings. The van der Waals surface area contributed by atoms with Crippen molar-refractivity contribution < 1.29 is 0 Å². The molecule has 1 unspecified atom stereocenters. The van der Waals surface area contributed by atoms with Crippen LogP contribution in [0.2, 0.25) is 0 Å². The van der Waals surface area contributed by atoms with Crippen molar-refractivity contribution in [3.8, 4) is 0 Å². The fourth-order valence-electron chi connectivity index (χ4n) is 0.735. The maximum atomic E-state index is 5.26. The first kappa shape index (κ1) is 7.47. The van der Waals surface area contributed by atoms with E-state index in [-0.39, 0.29) is 6.04 Å². The second kappa shape index (κ2) is 3.51. The minimum Gasteiger partial charge on any atom is -0.271 e. The number of thiophene rings is 1. The van der Waals surface area contributed by atoms with E-state index in [2.05, 4.69) is 12.0 Å². The summed E-state index contributed by atoms with van der Waals surface area (Å²) in [7, 11) is 0. The largest absolute Gasteiger partial charge is 0.271 e. The summed E-state index contributed by atoms with van der Waals surface area (Å²) >= 11 is 1.67. The highest BCUT2D eigenvalue weighted by atomic mass is 32.1. The zero-order chi connectivity index (χ0) is 7.40. The smallest absolute Gasteiger partial charge is 0.0730 e. The summed E-state index contributed by atoms with van der Waals surface area (Å²) in [5, 5.41) is 2.02. The van der Waals surface area contributed by atoms with Crippen molar-refractivity contribution in [1.82, 2.24) is 5.43 Å². The van der Waals surface area contributed by atoms with Gasteiger partial charge in [-0.3, -0.25) is 5.84 Å². The SMILES string of the molecule is C=CC(NN)c1cccs1. The molecule has 1 rings (SSSR count). The monoisotopic (exact) mass is 154 g/mol. The summed E-state index contributed by atoms with van der Waals surface area (Å²) in [4.78, 5) is 1.19. The normalized spacial score (nSPS) is 12.9. The predicted octanol–water partition coefficient (Wildman–Crippen LogP) is 1.44. The van der Waals surface area contributed by atoms with Crippen LogP contribution < -0.4 is 11.3 Å². The zero-order valence-corrected chi connectivity index (χ0v) is 6.40. The van der Waals surface area contributed by atoms with Crippen molar-refractivity contribution in [2.45, 2.75) is 6.04 Å². The second-order valence-electron chi connectivity index (χ2n) is 1.90. The Morgan fingerprint density at radius 3 is 3.00 bits per heavy atom. The number of hydrazine groups is 1. The van der Waals surface area contributed by atoms with Gasteiger partial charge in [-0.2, -0.15) is 0 Å². The minimum absolute atomic E-state index is 0.0972. The standard InChI is InChI=1S/C7H10N2S/c1-2-6(9-8)7-4-3-5-10-7/h2-6,9H,1,8H2. The number of rotatable bonds is 3. The molecule has 2 nitrogen and oxygen atoms in total. The average molecular weight is 154 g/mol. The van der Waals surface area contributed by atoms with Gasteiger partial charge in [0.2, 0.25) is 0 Å². The Morgan fingerprint density at radius 1 is 1.80 bits per heavy atom. The molecule has 0 amide bonds. The molecule has 10 heavy (non-hydrogen) atoms. The quantitative estimate of drug-likeness (QED) is 0.393. The highest BCUT2D eigenvalue weighted by Gasteiger charge is 2.03. The van der Waals surface area contributed by atoms with Crippen LogP contribution >= 0.6 is 11.3 Å². The summed E-state index contributed by atoms with van der Waals surface area (Å²) in [5.74, 6) is 5.26. The maximum Gasteiger partial charge on any atom is 0.0730 e. The van der Waals surface area contributed by atoms with Gasteiger partial charge >= 0.3 is 0 Å². The van der Waals surface area contributed by atoms with Crippen LogP contribution in [-0.4, -0.2) is 0 Å². The number of hydrogen-bond acceptors (Lipinski definition) is 3. The molecule has 0 radical (unpaired) electrons. The second-order valence-corrected chi connectivity index (χ2v) is 2.87. The summed E-state index contributed by atoms with van der Waals surface area (Å²) in [6.07, 6.45) is 1.78. The molecule has 1 heterocycles. The number of nitrogens with two attached hydrogens (primary N) is 1. The first-order valence-electron chi connectivity index (χ1n) is 3.00. The Morgan fingerprint density at radius 2 is 2.60 bits per heavy atom. The molecule has 1 aromatic heterocycles. The molecule has 1 atom stereocenters. The number of hydrogen-bond donors (Lipinski definition) is 2. The Kier molecular flexibility index (Phi) is 2.62. The molecule has 3 N–H and O–H groups in total. The Labute approximate surface area is 64.3 Å². The van der Waals surface area contributed by atoms with E-state index in [0.717, 1.165) is 0 Å². The summed E-state index contributed by atoms with van der Waals surface area (Å²) < 4.78 is 0. The molecule has 0 aromatic carbocycles. The van der Waals surface area contributed by atoms with Gasteiger partial charge in [0, 0.05) is 4.88 Å². The fraction of sp³-hybridized carbons (Fsp3) is 0.143. The molecule has 0 saturated carbocycles. The van der Waals surface area contributed by atoms with Crippen molar-refractivity contribution in [3.63, 3.8) is 0 Å². The molecule has 3 heteroatoms. The lowest BCUT2D eigenvalue weighted by Gasteiger charge is -2.06. The highest BCUT2D eigenvalue weighted by molar-refractivity contribution is 7.10. The summed E-state index contributed by atoms with van der Waals surface area (Å²) in [6.45, 7) is 3.65. The van der Waals surface area contributed by atoms with E-state index < -0.39 is 0 Å². The first-order valence-corrected chi connectivity index (χ1v) is 3.88. The minimum atomic E-state index is 0.0972. The third-order valence-corrected chi connectivity index (χ3v) is 2.22. The predicted molar refractivity (Wildman–Crippen MR) is 44.6 cm³/mol. The van der Waals surface area contributed by atoms with E-state index in [1.807, 2.05) is 17.5 Å². The third-order valence-electron chi connectivity index (χ3n) is 1.26. The van der Waals surface area contributed by atoms with Crippen LogP contribution in [0.1, 0.15) is 10.9 Å². The highest BCUT2D eigenvalue weighted by Crippen LogP contribution is 2.18. The van der Waals surface area contributed by atoms with Crippen LogP contribution in [0.25, 0.3) is 0 Å². The van der Waals surface area contributed by atoms with Gasteiger partial charge in [0.15, 0.2) is 0 Å². The molecule has 0 spiro atoms. The molecule has 0 aliphatic heterocycles. The van der Waals surface area contributed by atoms with Gasteiger partial charge in [-0.05, 0) is 11.4 Å². The van der Waals surface area contributed by atoms with E-state index in [9.17, 15) is 0 Å². The van der Waals surface area contributed by atoms with Crippen molar-refractivity contribution >= 4 is 11.3 Å². The summed E-state index contributed by atoms with van der Waals surface area (Å²) in [5.41, 5.74) is 2.65. The van der Waals surface area contributed by atoms with Crippen molar-refractivity contribution in [1.29, 1.82) is 0 Å². The van der Waals surface area contributed by atoms with E-state index >= 15 is 0 Å². The first-order chi connectivity index (χ1) is 4.88. The van der Waals surface area contributed by atoms with Gasteiger partial charge in [-0.1, -0.05) is 12.1 Å². The lowest BCUT2D eigenvalue weighted by atomic mass is 10.2. The van der Waals surface area contributed by atoms with Gasteiger partial charge in [0.1, 0.15) is 0 Å². The van der Waals surface area contributed by atoms with Crippen LogP contribution in [0.5, 0.6) is 0 Å². The topological polar surface area (TPSA) is 38.0 Å². The van der Waals surface area contributed by atoms with E-state index in [1.54, 1.807) is 17.4 Å². The van der Waals surface area contributed by atoms with E-state index in [0.29, 0.717) is 0 Å². The fourth-order valence-corrected chi connectivity index (χ4v) is 1.52. The molecule has 0 aliphatic carbocycles. The lowest BCUT2D eigenvalue weighted by molar-refractivity contribution is 0.667. The molecule has 54 valence electrons. The molecular weight excluding hydrogens is 144 g/mol. The molecule has 0 saturated heterocycles. The van der Waals surface area contributed by atoms with Crippen LogP contribution in [0, 0.1) is 0 Å². The Bertz CT molecular complexity index is 193. The summed E-state index contributed by atoms with van der Waals surface area (Å²) in [6, 6.07) is 4.12. The molecular formula is C7H10N2S. The van der Waals surface area contributed by atoms with E-state index in [1.165, 1.54) is 4.88 Å². The third kappa shape index (κ3) is 1.44. The average Bonchev–Trinajstić information content (AvgIpc) is 2.43. The van der Waals surface area contributed by atoms with Crippen molar-refractivity contribution in [2.75, 3.05) is 0 Å².